The molecule has 156 valence electrons. The fourth-order valence-electron chi connectivity index (χ4n) is 3.09. The van der Waals surface area contributed by atoms with Gasteiger partial charge in [0.25, 0.3) is 5.91 Å². The van der Waals surface area contributed by atoms with Gasteiger partial charge in [-0.2, -0.15) is 0 Å². The van der Waals surface area contributed by atoms with Crippen molar-refractivity contribution in [2.45, 2.75) is 18.8 Å². The summed E-state index contributed by atoms with van der Waals surface area (Å²) in [6, 6.07) is 10.6. The molecule has 4 rings (SSSR count). The quantitative estimate of drug-likeness (QED) is 0.645. The van der Waals surface area contributed by atoms with Crippen molar-refractivity contribution in [3.63, 3.8) is 0 Å². The van der Waals surface area contributed by atoms with Crippen molar-refractivity contribution >= 4 is 38.1 Å². The van der Waals surface area contributed by atoms with Crippen LogP contribution in [0, 0.1) is 5.82 Å². The van der Waals surface area contributed by atoms with Gasteiger partial charge < -0.3 is 9.64 Å². The molecule has 1 aliphatic heterocycles. The molecule has 0 radical (unpaired) electrons. The first-order valence-corrected chi connectivity index (χ1v) is 11.5. The van der Waals surface area contributed by atoms with Gasteiger partial charge in [-0.05, 0) is 42.8 Å². The highest BCUT2D eigenvalue weighted by Crippen LogP contribution is 2.37. The number of fused-ring (bicyclic) bond motifs is 1. The van der Waals surface area contributed by atoms with Gasteiger partial charge in [0.15, 0.2) is 11.2 Å². The molecule has 3 aromatic rings. The molecular weight excluding hydrogens is 429 g/mol. The number of sulfonamides is 1. The van der Waals surface area contributed by atoms with Gasteiger partial charge >= 0.3 is 0 Å². The number of rotatable bonds is 5. The van der Waals surface area contributed by atoms with Crippen LogP contribution in [0.15, 0.2) is 47.8 Å². The number of nitrogens with one attached hydrogen (secondary N) is 1. The molecule has 1 aliphatic rings. The van der Waals surface area contributed by atoms with Crippen LogP contribution in [0.2, 0.25) is 0 Å². The summed E-state index contributed by atoms with van der Waals surface area (Å²) >= 11 is 1.15. The molecule has 10 heteroatoms. The Hall–Kier alpha value is -2.98. The molecule has 1 atom stereocenters. The highest BCUT2D eigenvalue weighted by molar-refractivity contribution is 7.92. The second kappa shape index (κ2) is 7.69. The summed E-state index contributed by atoms with van der Waals surface area (Å²) in [5.41, 5.74) is 2.40. The molecular formula is C20H18FN3O4S2. The van der Waals surface area contributed by atoms with Gasteiger partial charge in [0.1, 0.15) is 11.6 Å². The summed E-state index contributed by atoms with van der Waals surface area (Å²) in [4.78, 5) is 18.0. The Balaban J connectivity index is 1.53. The SMILES string of the molecule is CC1Oc2ccc(-c3csc(NS(=O)(=O)Cc4ccc(F)cc4)n3)cc2N(C)C1=O. The van der Waals surface area contributed by atoms with Crippen LogP contribution < -0.4 is 14.4 Å². The first-order valence-electron chi connectivity index (χ1n) is 9.01. The molecule has 2 aromatic carbocycles. The number of thiazole rings is 1. The van der Waals surface area contributed by atoms with Crippen LogP contribution >= 0.6 is 11.3 Å². The molecule has 0 fully saturated rings. The fraction of sp³-hybridized carbons (Fsp3) is 0.200. The number of carbonyl (C=O) groups is 1. The van der Waals surface area contributed by atoms with Gasteiger partial charge in [-0.15, -0.1) is 11.3 Å². The number of benzene rings is 2. The van der Waals surface area contributed by atoms with Crippen LogP contribution in [0.4, 0.5) is 15.2 Å². The third kappa shape index (κ3) is 4.14. The smallest absolute Gasteiger partial charge is 0.267 e. The number of hydrogen-bond donors (Lipinski definition) is 1. The minimum Gasteiger partial charge on any atom is -0.479 e. The molecule has 0 saturated carbocycles. The maximum Gasteiger partial charge on any atom is 0.267 e. The molecule has 1 N–H and O–H groups in total. The fourth-order valence-corrected chi connectivity index (χ4v) is 5.24. The van der Waals surface area contributed by atoms with E-state index in [1.165, 1.54) is 29.2 Å². The standard InChI is InChI=1S/C20H18FN3O4S2/c1-12-19(25)24(2)17-9-14(5-8-18(17)28-12)16-10-29-20(22-16)23-30(26,27)11-13-3-6-15(21)7-4-13/h3-10,12H,11H2,1-2H3,(H,22,23). The summed E-state index contributed by atoms with van der Waals surface area (Å²) in [5.74, 6) is -0.259. The predicted molar refractivity (Wildman–Crippen MR) is 114 cm³/mol. The topological polar surface area (TPSA) is 88.6 Å². The number of nitrogens with zero attached hydrogens (tertiary/aromatic N) is 2. The van der Waals surface area contributed by atoms with Crippen molar-refractivity contribution in [2.75, 3.05) is 16.7 Å². The number of halogens is 1. The number of likely N-dealkylation sites (N-methyl/N-ethyl adjacent to an activating group) is 1. The summed E-state index contributed by atoms with van der Waals surface area (Å²) in [6.07, 6.45) is -0.547. The van der Waals surface area contributed by atoms with Gasteiger partial charge in [0.05, 0.1) is 17.1 Å². The molecule has 1 unspecified atom stereocenters. The third-order valence-electron chi connectivity index (χ3n) is 4.62. The molecule has 0 spiro atoms. The van der Waals surface area contributed by atoms with E-state index in [2.05, 4.69) is 9.71 Å². The molecule has 1 aromatic heterocycles. The van der Waals surface area contributed by atoms with Crippen LogP contribution in [-0.4, -0.2) is 32.5 Å². The van der Waals surface area contributed by atoms with E-state index in [9.17, 15) is 17.6 Å². The van der Waals surface area contributed by atoms with Crippen molar-refractivity contribution < 1.29 is 22.3 Å². The predicted octanol–water partition coefficient (Wildman–Crippen LogP) is 3.63. The zero-order chi connectivity index (χ0) is 21.5. The maximum atomic E-state index is 13.0. The zero-order valence-corrected chi connectivity index (χ0v) is 17.8. The monoisotopic (exact) mass is 447 g/mol. The third-order valence-corrected chi connectivity index (χ3v) is 6.72. The molecule has 7 nitrogen and oxygen atoms in total. The number of ether oxygens (including phenoxy) is 1. The average Bonchev–Trinajstić information content (AvgIpc) is 3.15. The lowest BCUT2D eigenvalue weighted by Crippen LogP contribution is -2.41. The van der Waals surface area contributed by atoms with E-state index >= 15 is 0 Å². The van der Waals surface area contributed by atoms with E-state index in [4.69, 9.17) is 4.74 Å². The lowest BCUT2D eigenvalue weighted by Gasteiger charge is -2.30. The Bertz CT molecular complexity index is 1210. The molecule has 0 bridgehead atoms. The van der Waals surface area contributed by atoms with Crippen molar-refractivity contribution in [1.29, 1.82) is 0 Å². The Kier molecular flexibility index (Phi) is 5.20. The highest BCUT2D eigenvalue weighted by Gasteiger charge is 2.29. The Labute approximate surface area is 177 Å². The van der Waals surface area contributed by atoms with Crippen molar-refractivity contribution in [3.8, 4) is 17.0 Å². The van der Waals surface area contributed by atoms with Gasteiger partial charge in [-0.1, -0.05) is 12.1 Å². The summed E-state index contributed by atoms with van der Waals surface area (Å²) in [7, 11) is -2.02. The van der Waals surface area contributed by atoms with E-state index < -0.39 is 21.9 Å². The van der Waals surface area contributed by atoms with E-state index in [-0.39, 0.29) is 16.8 Å². The van der Waals surface area contributed by atoms with E-state index in [0.29, 0.717) is 22.7 Å². The first-order chi connectivity index (χ1) is 14.2. The van der Waals surface area contributed by atoms with Crippen LogP contribution in [0.5, 0.6) is 5.75 Å². The minimum atomic E-state index is -3.70. The van der Waals surface area contributed by atoms with Crippen molar-refractivity contribution in [2.24, 2.45) is 0 Å². The van der Waals surface area contributed by atoms with Gasteiger partial charge in [0, 0.05) is 18.0 Å². The summed E-state index contributed by atoms with van der Waals surface area (Å²) < 4.78 is 45.9. The number of aromatic nitrogens is 1. The lowest BCUT2D eigenvalue weighted by atomic mass is 10.1. The maximum absolute atomic E-state index is 13.0. The molecule has 2 heterocycles. The molecule has 30 heavy (non-hydrogen) atoms. The van der Waals surface area contributed by atoms with Gasteiger partial charge in [-0.3, -0.25) is 9.52 Å². The van der Waals surface area contributed by atoms with Crippen LogP contribution in [-0.2, 0) is 20.6 Å². The number of hydrogen-bond acceptors (Lipinski definition) is 6. The number of amides is 1. The van der Waals surface area contributed by atoms with Gasteiger partial charge in [-0.25, -0.2) is 17.8 Å². The highest BCUT2D eigenvalue weighted by atomic mass is 32.2. The first kappa shape index (κ1) is 20.3. The molecule has 0 aliphatic carbocycles. The average molecular weight is 448 g/mol. The lowest BCUT2D eigenvalue weighted by molar-refractivity contribution is -0.125. The second-order valence-corrected chi connectivity index (χ2v) is 9.45. The normalized spacial score (nSPS) is 16.2. The minimum absolute atomic E-state index is 0.146. The summed E-state index contributed by atoms with van der Waals surface area (Å²) in [6.45, 7) is 1.69. The van der Waals surface area contributed by atoms with E-state index in [1.807, 2.05) is 0 Å². The van der Waals surface area contributed by atoms with Crippen molar-refractivity contribution in [1.82, 2.24) is 4.98 Å². The molecule has 0 saturated heterocycles. The number of carbonyl (C=O) groups excluding carboxylic acids is 1. The largest absolute Gasteiger partial charge is 0.479 e. The van der Waals surface area contributed by atoms with Crippen molar-refractivity contribution in [3.05, 3.63) is 59.2 Å². The zero-order valence-electron chi connectivity index (χ0n) is 16.1. The van der Waals surface area contributed by atoms with Crippen LogP contribution in [0.3, 0.4) is 0 Å². The Morgan fingerprint density at radius 2 is 1.97 bits per heavy atom. The van der Waals surface area contributed by atoms with Crippen LogP contribution in [0.25, 0.3) is 11.3 Å². The number of anilines is 2. The Morgan fingerprint density at radius 3 is 2.70 bits per heavy atom. The van der Waals surface area contributed by atoms with Crippen LogP contribution in [0.1, 0.15) is 12.5 Å². The van der Waals surface area contributed by atoms with Gasteiger partial charge in [0.2, 0.25) is 10.0 Å². The molecule has 1 amide bonds. The summed E-state index contributed by atoms with van der Waals surface area (Å²) in [5, 5.41) is 1.95. The van der Waals surface area contributed by atoms with E-state index in [0.717, 1.165) is 16.9 Å². The second-order valence-electron chi connectivity index (χ2n) is 6.87. The Morgan fingerprint density at radius 1 is 1.23 bits per heavy atom. The van der Waals surface area contributed by atoms with E-state index in [1.54, 1.807) is 37.6 Å².